The summed E-state index contributed by atoms with van der Waals surface area (Å²) in [5.41, 5.74) is 7.02. The molecule has 0 aromatic heterocycles. The van der Waals surface area contributed by atoms with E-state index in [1.807, 2.05) is 0 Å². The summed E-state index contributed by atoms with van der Waals surface area (Å²) in [7, 11) is 0. The molecule has 21 heavy (non-hydrogen) atoms. The number of hydrogen-bond acceptors (Lipinski definition) is 1. The maximum absolute atomic E-state index is 6.02. The molecule has 0 saturated carbocycles. The highest BCUT2D eigenvalue weighted by molar-refractivity contribution is 5.85. The first-order chi connectivity index (χ1) is 9.48. The molecule has 0 atom stereocenters. The quantitative estimate of drug-likeness (QED) is 0.277. The molecule has 0 amide bonds. The van der Waals surface area contributed by atoms with Crippen LogP contribution in [0.1, 0.15) is 104 Å². The maximum atomic E-state index is 6.02. The summed E-state index contributed by atoms with van der Waals surface area (Å²) in [6.07, 6.45) is 17.9. The fraction of sp³-hybridized carbons (Fsp3) is 0.895. The summed E-state index contributed by atoms with van der Waals surface area (Å²) in [5, 5.41) is 0. The van der Waals surface area contributed by atoms with Crippen LogP contribution in [0, 0.1) is 0 Å². The first-order valence-corrected chi connectivity index (χ1v) is 8.95. The summed E-state index contributed by atoms with van der Waals surface area (Å²) in [6.45, 7) is 10.5. The molecule has 0 rings (SSSR count). The standard InChI is InChI=1S/C19H39N.ClH/c1-5-6-7-8-9-10-11-12-13-14-15-16-17-18(2)19(3,4)20;/h2,5-17,20H2,1,3-4H3;1H. The van der Waals surface area contributed by atoms with Gasteiger partial charge in [-0.3, -0.25) is 0 Å². The van der Waals surface area contributed by atoms with Gasteiger partial charge in [-0.1, -0.05) is 89.7 Å². The van der Waals surface area contributed by atoms with Crippen molar-refractivity contribution >= 4 is 12.4 Å². The van der Waals surface area contributed by atoms with E-state index in [0.717, 1.165) is 6.42 Å². The second kappa shape index (κ2) is 14.9. The monoisotopic (exact) mass is 317 g/mol. The first-order valence-electron chi connectivity index (χ1n) is 8.95. The van der Waals surface area contributed by atoms with Gasteiger partial charge in [0.05, 0.1) is 0 Å². The van der Waals surface area contributed by atoms with E-state index >= 15 is 0 Å². The molecule has 2 heteroatoms. The fourth-order valence-electron chi connectivity index (χ4n) is 2.50. The molecule has 0 aliphatic heterocycles. The van der Waals surface area contributed by atoms with Crippen molar-refractivity contribution in [3.8, 4) is 0 Å². The molecule has 0 bridgehead atoms. The molecular weight excluding hydrogens is 278 g/mol. The van der Waals surface area contributed by atoms with E-state index in [1.54, 1.807) is 0 Å². The highest BCUT2D eigenvalue weighted by atomic mass is 35.5. The Kier molecular flexibility index (Phi) is 16.5. The molecule has 0 aliphatic rings. The maximum Gasteiger partial charge on any atom is 0.0308 e. The molecule has 0 spiro atoms. The number of unbranched alkanes of at least 4 members (excludes halogenated alkanes) is 11. The summed E-state index contributed by atoms with van der Waals surface area (Å²) in [5.74, 6) is 0. The van der Waals surface area contributed by atoms with Crippen LogP contribution >= 0.6 is 12.4 Å². The van der Waals surface area contributed by atoms with Crippen LogP contribution in [-0.2, 0) is 0 Å². The van der Waals surface area contributed by atoms with Gasteiger partial charge in [-0.2, -0.15) is 0 Å². The zero-order chi connectivity index (χ0) is 15.3. The van der Waals surface area contributed by atoms with Crippen LogP contribution in [0.3, 0.4) is 0 Å². The van der Waals surface area contributed by atoms with Crippen LogP contribution in [0.5, 0.6) is 0 Å². The SMILES string of the molecule is C=C(CCCCCCCCCCCCCC)C(C)(C)N.Cl. The average Bonchev–Trinajstić information content (AvgIpc) is 2.38. The topological polar surface area (TPSA) is 26.0 Å². The summed E-state index contributed by atoms with van der Waals surface area (Å²) < 4.78 is 0. The van der Waals surface area contributed by atoms with Gasteiger partial charge in [-0.15, -0.1) is 12.4 Å². The molecule has 0 unspecified atom stereocenters. The van der Waals surface area contributed by atoms with Gasteiger partial charge in [0, 0.05) is 5.54 Å². The minimum Gasteiger partial charge on any atom is -0.322 e. The van der Waals surface area contributed by atoms with Crippen molar-refractivity contribution in [2.45, 2.75) is 110 Å². The van der Waals surface area contributed by atoms with Crippen LogP contribution in [-0.4, -0.2) is 5.54 Å². The van der Waals surface area contributed by atoms with Crippen molar-refractivity contribution in [2.24, 2.45) is 5.73 Å². The third-order valence-electron chi connectivity index (χ3n) is 4.24. The molecule has 1 nitrogen and oxygen atoms in total. The normalized spacial score (nSPS) is 11.2. The molecule has 0 aliphatic carbocycles. The number of halogens is 1. The van der Waals surface area contributed by atoms with E-state index in [-0.39, 0.29) is 17.9 Å². The lowest BCUT2D eigenvalue weighted by atomic mass is 9.92. The summed E-state index contributed by atoms with van der Waals surface area (Å²) >= 11 is 0. The van der Waals surface area contributed by atoms with Gasteiger partial charge in [-0.25, -0.2) is 0 Å². The smallest absolute Gasteiger partial charge is 0.0308 e. The molecule has 0 heterocycles. The van der Waals surface area contributed by atoms with E-state index < -0.39 is 0 Å². The Bertz CT molecular complexity index is 230. The molecule has 2 N–H and O–H groups in total. The Labute approximate surface area is 140 Å². The molecule has 0 aromatic rings. The third-order valence-corrected chi connectivity index (χ3v) is 4.24. The Hall–Kier alpha value is -0.0100. The minimum absolute atomic E-state index is 0. The Balaban J connectivity index is 0. The molecule has 128 valence electrons. The number of nitrogens with two attached hydrogens (primary N) is 1. The Morgan fingerprint density at radius 1 is 0.762 bits per heavy atom. The van der Waals surface area contributed by atoms with Gasteiger partial charge < -0.3 is 5.73 Å². The van der Waals surface area contributed by atoms with Gasteiger partial charge in [-0.05, 0) is 26.7 Å². The number of hydrogen-bond donors (Lipinski definition) is 1. The van der Waals surface area contributed by atoms with E-state index in [1.165, 1.54) is 82.6 Å². The predicted molar refractivity (Wildman–Crippen MR) is 100 cm³/mol. The predicted octanol–water partition coefficient (Wildman–Crippen LogP) is 6.79. The number of rotatable bonds is 14. The summed E-state index contributed by atoms with van der Waals surface area (Å²) in [4.78, 5) is 0. The van der Waals surface area contributed by atoms with E-state index in [4.69, 9.17) is 5.73 Å². The highest BCUT2D eigenvalue weighted by Crippen LogP contribution is 2.18. The largest absolute Gasteiger partial charge is 0.322 e. The van der Waals surface area contributed by atoms with E-state index in [9.17, 15) is 0 Å². The summed E-state index contributed by atoms with van der Waals surface area (Å²) in [6, 6.07) is 0. The average molecular weight is 318 g/mol. The van der Waals surface area contributed by atoms with Crippen LogP contribution in [0.25, 0.3) is 0 Å². The zero-order valence-electron chi connectivity index (χ0n) is 14.9. The lowest BCUT2D eigenvalue weighted by Gasteiger charge is -2.21. The van der Waals surface area contributed by atoms with Gasteiger partial charge in [0.25, 0.3) is 0 Å². The third kappa shape index (κ3) is 16.2. The molecular formula is C19H40ClN. The van der Waals surface area contributed by atoms with Gasteiger partial charge >= 0.3 is 0 Å². The van der Waals surface area contributed by atoms with Crippen molar-refractivity contribution in [3.05, 3.63) is 12.2 Å². The zero-order valence-corrected chi connectivity index (χ0v) is 15.7. The van der Waals surface area contributed by atoms with Crippen LogP contribution in [0.4, 0.5) is 0 Å². The molecule has 0 fully saturated rings. The second-order valence-electron chi connectivity index (χ2n) is 6.96. The van der Waals surface area contributed by atoms with Crippen molar-refractivity contribution in [2.75, 3.05) is 0 Å². The molecule has 0 aromatic carbocycles. The lowest BCUT2D eigenvalue weighted by Crippen LogP contribution is -2.33. The Morgan fingerprint density at radius 2 is 1.10 bits per heavy atom. The molecule has 0 saturated heterocycles. The fourth-order valence-corrected chi connectivity index (χ4v) is 2.50. The van der Waals surface area contributed by atoms with Crippen molar-refractivity contribution in [3.63, 3.8) is 0 Å². The van der Waals surface area contributed by atoms with Crippen LogP contribution in [0.2, 0.25) is 0 Å². The van der Waals surface area contributed by atoms with Crippen molar-refractivity contribution < 1.29 is 0 Å². The van der Waals surface area contributed by atoms with Gasteiger partial charge in [0.1, 0.15) is 0 Å². The van der Waals surface area contributed by atoms with Crippen molar-refractivity contribution in [1.29, 1.82) is 0 Å². The Morgan fingerprint density at radius 3 is 1.43 bits per heavy atom. The second-order valence-corrected chi connectivity index (χ2v) is 6.96. The van der Waals surface area contributed by atoms with Crippen LogP contribution < -0.4 is 5.73 Å². The van der Waals surface area contributed by atoms with Crippen molar-refractivity contribution in [1.82, 2.24) is 0 Å². The lowest BCUT2D eigenvalue weighted by molar-refractivity contribution is 0.531. The van der Waals surface area contributed by atoms with Gasteiger partial charge in [0.2, 0.25) is 0 Å². The molecule has 0 radical (unpaired) electrons. The van der Waals surface area contributed by atoms with E-state index in [0.29, 0.717) is 0 Å². The van der Waals surface area contributed by atoms with E-state index in [2.05, 4.69) is 27.4 Å². The van der Waals surface area contributed by atoms with Crippen LogP contribution in [0.15, 0.2) is 12.2 Å². The van der Waals surface area contributed by atoms with Gasteiger partial charge in [0.15, 0.2) is 0 Å². The highest BCUT2D eigenvalue weighted by Gasteiger charge is 2.14. The first kappa shape index (κ1) is 23.3. The minimum atomic E-state index is -0.197.